The zero-order chi connectivity index (χ0) is 12.5. The molecule has 0 fully saturated rings. The fourth-order valence-corrected chi connectivity index (χ4v) is 3.27. The molecule has 0 unspecified atom stereocenters. The van der Waals surface area contributed by atoms with E-state index in [-0.39, 0.29) is 5.78 Å². The SMILES string of the molecule is CC(=O)c1ccc(N2CCc3sccc3C2)cc1. The van der Waals surface area contributed by atoms with Gasteiger partial charge >= 0.3 is 0 Å². The van der Waals surface area contributed by atoms with Crippen LogP contribution in [0.1, 0.15) is 27.7 Å². The Kier molecular flexibility index (Phi) is 2.92. The van der Waals surface area contributed by atoms with E-state index in [4.69, 9.17) is 0 Å². The third kappa shape index (κ3) is 2.06. The number of hydrogen-bond acceptors (Lipinski definition) is 3. The third-order valence-electron chi connectivity index (χ3n) is 3.45. The second kappa shape index (κ2) is 4.58. The first-order valence-electron chi connectivity index (χ1n) is 6.15. The Morgan fingerprint density at radius 2 is 2.00 bits per heavy atom. The van der Waals surface area contributed by atoms with E-state index in [0.717, 1.165) is 25.1 Å². The van der Waals surface area contributed by atoms with Crippen LogP contribution in [0.2, 0.25) is 0 Å². The lowest BCUT2D eigenvalue weighted by atomic mass is 10.1. The van der Waals surface area contributed by atoms with Gasteiger partial charge in [0.1, 0.15) is 0 Å². The highest BCUT2D eigenvalue weighted by Crippen LogP contribution is 2.27. The average molecular weight is 257 g/mol. The van der Waals surface area contributed by atoms with Gasteiger partial charge in [0.25, 0.3) is 0 Å². The molecule has 0 radical (unpaired) electrons. The largest absolute Gasteiger partial charge is 0.367 e. The molecule has 1 aliphatic heterocycles. The average Bonchev–Trinajstić information content (AvgIpc) is 2.86. The summed E-state index contributed by atoms with van der Waals surface area (Å²) in [7, 11) is 0. The molecule has 0 saturated heterocycles. The van der Waals surface area contributed by atoms with Crippen LogP contribution >= 0.6 is 11.3 Å². The van der Waals surface area contributed by atoms with Crippen molar-refractivity contribution in [3.8, 4) is 0 Å². The predicted octanol–water partition coefficient (Wildman–Crippen LogP) is 3.51. The molecule has 0 bridgehead atoms. The van der Waals surface area contributed by atoms with Gasteiger partial charge in [0.05, 0.1) is 0 Å². The molecule has 3 heteroatoms. The molecule has 0 N–H and O–H groups in total. The molecule has 92 valence electrons. The van der Waals surface area contributed by atoms with Gasteiger partial charge in [0, 0.05) is 29.2 Å². The number of ketones is 1. The second-order valence-corrected chi connectivity index (χ2v) is 5.64. The zero-order valence-corrected chi connectivity index (χ0v) is 11.2. The Labute approximate surface area is 111 Å². The number of thiophene rings is 1. The van der Waals surface area contributed by atoms with Crippen LogP contribution in [0.4, 0.5) is 5.69 Å². The molecule has 0 amide bonds. The Morgan fingerprint density at radius 1 is 1.22 bits per heavy atom. The van der Waals surface area contributed by atoms with Crippen molar-refractivity contribution >= 4 is 22.8 Å². The van der Waals surface area contributed by atoms with Crippen molar-refractivity contribution in [3.05, 3.63) is 51.7 Å². The molecule has 0 aliphatic carbocycles. The van der Waals surface area contributed by atoms with Crippen LogP contribution in [0.25, 0.3) is 0 Å². The van der Waals surface area contributed by atoms with Gasteiger partial charge in [-0.05, 0) is 54.6 Å². The summed E-state index contributed by atoms with van der Waals surface area (Å²) in [6.07, 6.45) is 1.13. The van der Waals surface area contributed by atoms with Gasteiger partial charge in [-0.2, -0.15) is 0 Å². The van der Waals surface area contributed by atoms with E-state index in [2.05, 4.69) is 16.3 Å². The van der Waals surface area contributed by atoms with Crippen LogP contribution < -0.4 is 4.90 Å². The number of hydrogen-bond donors (Lipinski definition) is 0. The smallest absolute Gasteiger partial charge is 0.159 e. The van der Waals surface area contributed by atoms with Crippen LogP contribution in [0.3, 0.4) is 0 Å². The van der Waals surface area contributed by atoms with Crippen molar-refractivity contribution in [3.63, 3.8) is 0 Å². The van der Waals surface area contributed by atoms with E-state index < -0.39 is 0 Å². The second-order valence-electron chi connectivity index (χ2n) is 4.64. The lowest BCUT2D eigenvalue weighted by Gasteiger charge is -2.29. The van der Waals surface area contributed by atoms with Gasteiger partial charge in [-0.3, -0.25) is 4.79 Å². The molecule has 1 aliphatic rings. The van der Waals surface area contributed by atoms with E-state index in [9.17, 15) is 4.79 Å². The number of nitrogens with zero attached hydrogens (tertiary/aromatic N) is 1. The topological polar surface area (TPSA) is 20.3 Å². The fourth-order valence-electron chi connectivity index (χ4n) is 2.38. The van der Waals surface area contributed by atoms with Gasteiger partial charge < -0.3 is 4.90 Å². The Bertz CT molecular complexity index is 570. The number of rotatable bonds is 2. The molecule has 2 aromatic rings. The molecule has 0 saturated carbocycles. The first-order valence-corrected chi connectivity index (χ1v) is 7.03. The van der Waals surface area contributed by atoms with Crippen molar-refractivity contribution in [2.45, 2.75) is 19.9 Å². The standard InChI is InChI=1S/C15H15NOS/c1-11(17)12-2-4-14(5-3-12)16-8-6-15-13(10-16)7-9-18-15/h2-5,7,9H,6,8,10H2,1H3. The van der Waals surface area contributed by atoms with Crippen molar-refractivity contribution in [2.24, 2.45) is 0 Å². The highest BCUT2D eigenvalue weighted by Gasteiger charge is 2.17. The van der Waals surface area contributed by atoms with Gasteiger partial charge in [-0.1, -0.05) is 0 Å². The van der Waals surface area contributed by atoms with Crippen LogP contribution in [0.5, 0.6) is 0 Å². The number of carbonyl (C=O) groups is 1. The maximum Gasteiger partial charge on any atom is 0.159 e. The molecule has 0 spiro atoms. The minimum Gasteiger partial charge on any atom is -0.367 e. The third-order valence-corrected chi connectivity index (χ3v) is 4.47. The van der Waals surface area contributed by atoms with Gasteiger partial charge in [0.15, 0.2) is 5.78 Å². The minimum atomic E-state index is 0.125. The van der Waals surface area contributed by atoms with Crippen LogP contribution in [-0.2, 0) is 13.0 Å². The van der Waals surface area contributed by atoms with Gasteiger partial charge in [-0.25, -0.2) is 0 Å². The Morgan fingerprint density at radius 3 is 2.72 bits per heavy atom. The number of benzene rings is 1. The quantitative estimate of drug-likeness (QED) is 0.767. The molecular weight excluding hydrogens is 242 g/mol. The van der Waals surface area contributed by atoms with E-state index in [1.54, 1.807) is 6.92 Å². The molecule has 2 heterocycles. The molecular formula is C15H15NOS. The Hall–Kier alpha value is -1.61. The number of fused-ring (bicyclic) bond motifs is 1. The maximum atomic E-state index is 11.2. The summed E-state index contributed by atoms with van der Waals surface area (Å²) in [6, 6.07) is 10.2. The summed E-state index contributed by atoms with van der Waals surface area (Å²) in [6.45, 7) is 3.65. The lowest BCUT2D eigenvalue weighted by Crippen LogP contribution is -2.29. The first kappa shape index (κ1) is 11.5. The monoisotopic (exact) mass is 257 g/mol. The summed E-state index contributed by atoms with van der Waals surface area (Å²) >= 11 is 1.86. The molecule has 1 aromatic carbocycles. The van der Waals surface area contributed by atoms with Crippen LogP contribution in [0.15, 0.2) is 35.7 Å². The molecule has 1 aromatic heterocycles. The molecule has 3 rings (SSSR count). The summed E-state index contributed by atoms with van der Waals surface area (Å²) < 4.78 is 0. The lowest BCUT2D eigenvalue weighted by molar-refractivity contribution is 0.101. The van der Waals surface area contributed by atoms with E-state index in [0.29, 0.717) is 0 Å². The molecule has 2 nitrogen and oxygen atoms in total. The van der Waals surface area contributed by atoms with Crippen LogP contribution in [-0.4, -0.2) is 12.3 Å². The normalized spacial score (nSPS) is 14.4. The van der Waals surface area contributed by atoms with Crippen molar-refractivity contribution < 1.29 is 4.79 Å². The Balaban J connectivity index is 1.82. The fraction of sp³-hybridized carbons (Fsp3) is 0.267. The number of anilines is 1. The zero-order valence-electron chi connectivity index (χ0n) is 10.3. The maximum absolute atomic E-state index is 11.2. The highest BCUT2D eigenvalue weighted by molar-refractivity contribution is 7.10. The van der Waals surface area contributed by atoms with E-state index >= 15 is 0 Å². The summed E-state index contributed by atoms with van der Waals surface area (Å²) in [5.41, 5.74) is 3.44. The summed E-state index contributed by atoms with van der Waals surface area (Å²) in [4.78, 5) is 15.1. The van der Waals surface area contributed by atoms with Gasteiger partial charge in [0.2, 0.25) is 0 Å². The van der Waals surface area contributed by atoms with Crippen molar-refractivity contribution in [1.29, 1.82) is 0 Å². The van der Waals surface area contributed by atoms with Crippen molar-refractivity contribution in [2.75, 3.05) is 11.4 Å². The minimum absolute atomic E-state index is 0.125. The first-order chi connectivity index (χ1) is 8.74. The molecule has 18 heavy (non-hydrogen) atoms. The van der Waals surface area contributed by atoms with Crippen LogP contribution in [0, 0.1) is 0 Å². The molecule has 0 atom stereocenters. The number of carbonyl (C=O) groups excluding carboxylic acids is 1. The van der Waals surface area contributed by atoms with E-state index in [1.807, 2.05) is 35.6 Å². The van der Waals surface area contributed by atoms with Crippen molar-refractivity contribution in [1.82, 2.24) is 0 Å². The summed E-state index contributed by atoms with van der Waals surface area (Å²) in [5.74, 6) is 0.125. The van der Waals surface area contributed by atoms with E-state index in [1.165, 1.54) is 16.1 Å². The van der Waals surface area contributed by atoms with Gasteiger partial charge in [-0.15, -0.1) is 11.3 Å². The highest BCUT2D eigenvalue weighted by atomic mass is 32.1. The summed E-state index contributed by atoms with van der Waals surface area (Å²) in [5, 5.41) is 2.17. The predicted molar refractivity (Wildman–Crippen MR) is 75.5 cm³/mol. The number of Topliss-reactive ketones (excluding diaryl/α,β-unsaturated/α-hetero) is 1.